The van der Waals surface area contributed by atoms with Crippen molar-refractivity contribution in [3.05, 3.63) is 54.4 Å². The van der Waals surface area contributed by atoms with Gasteiger partial charge in [-0.15, -0.1) is 0 Å². The van der Waals surface area contributed by atoms with Crippen molar-refractivity contribution < 1.29 is 27.5 Å². The Morgan fingerprint density at radius 2 is 1.85 bits per heavy atom. The molecule has 4 N–H and O–H groups in total. The summed E-state index contributed by atoms with van der Waals surface area (Å²) in [6.45, 7) is 3.07. The first-order chi connectivity index (χ1) is 12.6. The number of carbonyl (C=O) groups excluding carboxylic acids is 2. The molecule has 0 saturated heterocycles. The normalized spacial score (nSPS) is 10.9. The fourth-order valence-corrected chi connectivity index (χ4v) is 1.91. The molecule has 0 aliphatic rings. The summed E-state index contributed by atoms with van der Waals surface area (Å²) in [5.41, 5.74) is 9.70. The van der Waals surface area contributed by atoms with Gasteiger partial charge in [-0.3, -0.25) is 25.1 Å². The van der Waals surface area contributed by atoms with Gasteiger partial charge in [0.1, 0.15) is 12.3 Å². The fraction of sp³-hybridized carbons (Fsp3) is 0.188. The van der Waals surface area contributed by atoms with Gasteiger partial charge in [-0.25, -0.2) is 0 Å². The lowest BCUT2D eigenvalue weighted by Crippen LogP contribution is -2.38. The number of aromatic nitrogens is 2. The van der Waals surface area contributed by atoms with Crippen molar-refractivity contribution in [3.8, 4) is 5.75 Å². The van der Waals surface area contributed by atoms with E-state index in [0.717, 1.165) is 16.9 Å². The standard InChI is InChI=1S/C16H16F3N5O3/c1-10(11-2-4-12(5-3-11)27-9-14(20)25)21-22-15(26)8-24-7-6-13(23-24)16(17,18)19/h2-7,21H,1,8-9H2,(H2,20,25)(H,22,26). The zero-order chi connectivity index (χ0) is 20.0. The van der Waals surface area contributed by atoms with Crippen LogP contribution in [0.5, 0.6) is 5.75 Å². The van der Waals surface area contributed by atoms with Gasteiger partial charge < -0.3 is 10.5 Å². The number of hydrogen-bond acceptors (Lipinski definition) is 5. The lowest BCUT2D eigenvalue weighted by molar-refractivity contribution is -0.141. The van der Waals surface area contributed by atoms with Gasteiger partial charge in [0.2, 0.25) is 0 Å². The summed E-state index contributed by atoms with van der Waals surface area (Å²) in [6.07, 6.45) is -3.51. The summed E-state index contributed by atoms with van der Waals surface area (Å²) in [7, 11) is 0. The summed E-state index contributed by atoms with van der Waals surface area (Å²) in [6, 6.07) is 7.19. The molecule has 0 saturated carbocycles. The van der Waals surface area contributed by atoms with Crippen LogP contribution in [0.15, 0.2) is 43.1 Å². The molecule has 144 valence electrons. The maximum absolute atomic E-state index is 12.5. The number of ether oxygens (including phenoxy) is 1. The molecule has 0 fully saturated rings. The topological polar surface area (TPSA) is 111 Å². The van der Waals surface area contributed by atoms with Crippen LogP contribution in [0.1, 0.15) is 11.3 Å². The van der Waals surface area contributed by atoms with E-state index in [0.29, 0.717) is 17.0 Å². The summed E-state index contributed by atoms with van der Waals surface area (Å²) < 4.78 is 43.4. The molecule has 2 amide bonds. The summed E-state index contributed by atoms with van der Waals surface area (Å²) in [5, 5.41) is 3.28. The number of halogens is 3. The Morgan fingerprint density at radius 3 is 2.41 bits per heavy atom. The minimum atomic E-state index is -4.57. The first kappa shape index (κ1) is 19.8. The second-order valence-corrected chi connectivity index (χ2v) is 5.33. The molecule has 0 aliphatic heterocycles. The van der Waals surface area contributed by atoms with Gasteiger partial charge in [0.25, 0.3) is 11.8 Å². The number of nitrogens with two attached hydrogens (primary N) is 1. The third-order valence-electron chi connectivity index (χ3n) is 3.17. The van der Waals surface area contributed by atoms with E-state index < -0.39 is 30.2 Å². The van der Waals surface area contributed by atoms with Crippen molar-refractivity contribution in [1.82, 2.24) is 20.6 Å². The second-order valence-electron chi connectivity index (χ2n) is 5.33. The highest BCUT2D eigenvalue weighted by atomic mass is 19.4. The Balaban J connectivity index is 1.83. The van der Waals surface area contributed by atoms with E-state index in [1.807, 2.05) is 0 Å². The van der Waals surface area contributed by atoms with Gasteiger partial charge in [0.15, 0.2) is 12.3 Å². The van der Waals surface area contributed by atoms with Gasteiger partial charge in [-0.2, -0.15) is 18.3 Å². The second kappa shape index (κ2) is 8.25. The van der Waals surface area contributed by atoms with Gasteiger partial charge in [0, 0.05) is 6.20 Å². The Kier molecular flexibility index (Phi) is 6.06. The van der Waals surface area contributed by atoms with Gasteiger partial charge in [-0.1, -0.05) is 6.58 Å². The number of nitrogens with one attached hydrogen (secondary N) is 2. The summed E-state index contributed by atoms with van der Waals surface area (Å²) in [5.74, 6) is -0.796. The number of hydrazine groups is 1. The van der Waals surface area contributed by atoms with Crippen LogP contribution in [0.4, 0.5) is 13.2 Å². The van der Waals surface area contributed by atoms with Crippen LogP contribution in [-0.4, -0.2) is 28.2 Å². The Hall–Kier alpha value is -3.50. The van der Waals surface area contributed by atoms with Crippen molar-refractivity contribution >= 4 is 17.5 Å². The number of rotatable bonds is 8. The predicted octanol–water partition coefficient (Wildman–Crippen LogP) is 1.06. The number of nitrogens with zero attached hydrogens (tertiary/aromatic N) is 2. The lowest BCUT2D eigenvalue weighted by atomic mass is 10.2. The van der Waals surface area contributed by atoms with Crippen LogP contribution in [0.3, 0.4) is 0 Å². The first-order valence-electron chi connectivity index (χ1n) is 7.51. The molecule has 27 heavy (non-hydrogen) atoms. The molecule has 0 bridgehead atoms. The molecule has 2 aromatic rings. The van der Waals surface area contributed by atoms with Crippen LogP contribution >= 0.6 is 0 Å². The van der Waals surface area contributed by atoms with Crippen LogP contribution in [0.25, 0.3) is 5.70 Å². The Morgan fingerprint density at radius 1 is 1.19 bits per heavy atom. The fourth-order valence-electron chi connectivity index (χ4n) is 1.91. The molecule has 2 rings (SSSR count). The Bertz CT molecular complexity index is 831. The van der Waals surface area contributed by atoms with E-state index in [1.54, 1.807) is 24.3 Å². The van der Waals surface area contributed by atoms with Crippen molar-refractivity contribution in [2.75, 3.05) is 6.61 Å². The molecule has 1 aromatic heterocycles. The summed E-state index contributed by atoms with van der Waals surface area (Å²) in [4.78, 5) is 22.4. The van der Waals surface area contributed by atoms with Crippen LogP contribution < -0.4 is 21.3 Å². The molecule has 0 atom stereocenters. The zero-order valence-electron chi connectivity index (χ0n) is 13.9. The highest BCUT2D eigenvalue weighted by molar-refractivity contribution is 5.77. The van der Waals surface area contributed by atoms with Crippen LogP contribution in [0.2, 0.25) is 0 Å². The third-order valence-corrected chi connectivity index (χ3v) is 3.17. The highest BCUT2D eigenvalue weighted by Gasteiger charge is 2.33. The number of primary amides is 1. The SMILES string of the molecule is C=C(NNC(=O)Cn1ccc(C(F)(F)F)n1)c1ccc(OCC(N)=O)cc1. The molecule has 1 heterocycles. The van der Waals surface area contributed by atoms with Crippen LogP contribution in [-0.2, 0) is 22.3 Å². The average molecular weight is 383 g/mol. The predicted molar refractivity (Wildman–Crippen MR) is 88.7 cm³/mol. The molecule has 0 aliphatic carbocycles. The average Bonchev–Trinajstić information content (AvgIpc) is 3.07. The van der Waals surface area contributed by atoms with Gasteiger partial charge >= 0.3 is 6.18 Å². The molecule has 0 spiro atoms. The molecule has 1 aromatic carbocycles. The zero-order valence-corrected chi connectivity index (χ0v) is 13.9. The number of carbonyl (C=O) groups is 2. The van der Waals surface area contributed by atoms with E-state index in [1.165, 1.54) is 0 Å². The minimum absolute atomic E-state index is 0.252. The molecule has 0 radical (unpaired) electrons. The maximum Gasteiger partial charge on any atom is 0.435 e. The van der Waals surface area contributed by atoms with Crippen LogP contribution in [0, 0.1) is 0 Å². The van der Waals surface area contributed by atoms with Gasteiger partial charge in [0.05, 0.1) is 5.70 Å². The smallest absolute Gasteiger partial charge is 0.435 e. The van der Waals surface area contributed by atoms with Crippen molar-refractivity contribution in [2.24, 2.45) is 5.73 Å². The molecule has 8 nitrogen and oxygen atoms in total. The first-order valence-corrected chi connectivity index (χ1v) is 7.51. The highest BCUT2D eigenvalue weighted by Crippen LogP contribution is 2.27. The summed E-state index contributed by atoms with van der Waals surface area (Å²) >= 11 is 0. The van der Waals surface area contributed by atoms with E-state index in [4.69, 9.17) is 10.5 Å². The van der Waals surface area contributed by atoms with Crippen molar-refractivity contribution in [2.45, 2.75) is 12.7 Å². The quantitative estimate of drug-likeness (QED) is 0.590. The number of hydrogen-bond donors (Lipinski definition) is 3. The van der Waals surface area contributed by atoms with E-state index in [9.17, 15) is 22.8 Å². The van der Waals surface area contributed by atoms with Gasteiger partial charge in [-0.05, 0) is 35.9 Å². The molecular formula is C16H16F3N5O3. The van der Waals surface area contributed by atoms with Crippen molar-refractivity contribution in [3.63, 3.8) is 0 Å². The minimum Gasteiger partial charge on any atom is -0.484 e. The molecular weight excluding hydrogens is 367 g/mol. The number of alkyl halides is 3. The van der Waals surface area contributed by atoms with Crippen molar-refractivity contribution in [1.29, 1.82) is 0 Å². The number of amides is 2. The van der Waals surface area contributed by atoms with E-state index in [-0.39, 0.29) is 6.61 Å². The molecule has 0 unspecified atom stereocenters. The van der Waals surface area contributed by atoms with E-state index in [2.05, 4.69) is 22.5 Å². The van der Waals surface area contributed by atoms with E-state index >= 15 is 0 Å². The largest absolute Gasteiger partial charge is 0.484 e. The number of benzene rings is 1. The lowest BCUT2D eigenvalue weighted by Gasteiger charge is -2.12. The third kappa shape index (κ3) is 6.06. The maximum atomic E-state index is 12.5. The Labute approximate surface area is 151 Å². The monoisotopic (exact) mass is 383 g/mol. The molecule has 11 heteroatoms.